The molecule has 2 bridgehead atoms. The van der Waals surface area contributed by atoms with Crippen molar-refractivity contribution in [3.63, 3.8) is 0 Å². The third-order valence-corrected chi connectivity index (χ3v) is 10.8. The molecule has 2 N–H and O–H groups in total. The van der Waals surface area contributed by atoms with Crippen molar-refractivity contribution in [2.45, 2.75) is 80.6 Å². The largest absolute Gasteiger partial charge is 0.504 e. The molecular weight excluding hydrogens is 464 g/mol. The number of piperidine rings is 1. The van der Waals surface area contributed by atoms with E-state index < -0.39 is 11.0 Å². The van der Waals surface area contributed by atoms with Crippen molar-refractivity contribution in [3.05, 3.63) is 59.2 Å². The molecule has 3 aliphatic carbocycles. The van der Waals surface area contributed by atoms with Crippen LogP contribution in [-0.4, -0.2) is 69.3 Å². The molecule has 1 spiro atoms. The number of aromatic hydroxyl groups is 1. The highest BCUT2D eigenvalue weighted by molar-refractivity contribution is 5.82. The van der Waals surface area contributed by atoms with Crippen LogP contribution < -0.4 is 4.74 Å². The van der Waals surface area contributed by atoms with Crippen molar-refractivity contribution < 1.29 is 19.7 Å². The first kappa shape index (κ1) is 22.4. The van der Waals surface area contributed by atoms with Gasteiger partial charge >= 0.3 is 0 Å². The smallest absolute Gasteiger partial charge is 0.226 e. The van der Waals surface area contributed by atoms with E-state index in [0.29, 0.717) is 12.2 Å². The number of aliphatic hydroxyl groups is 1. The number of phenolic OH excluding ortho intramolecular Hbond substituents is 1. The van der Waals surface area contributed by atoms with Gasteiger partial charge in [-0.3, -0.25) is 9.69 Å². The van der Waals surface area contributed by atoms with Crippen LogP contribution in [0, 0.1) is 11.8 Å². The quantitative estimate of drug-likeness (QED) is 0.658. The number of hydrogen-bond donors (Lipinski definition) is 2. The second kappa shape index (κ2) is 7.73. The molecule has 0 aromatic heterocycles. The third kappa shape index (κ3) is 2.97. The molecule has 4 fully saturated rings. The summed E-state index contributed by atoms with van der Waals surface area (Å²) in [6, 6.07) is 14.1. The molecule has 8 rings (SSSR count). The van der Waals surface area contributed by atoms with Crippen LogP contribution in [0.4, 0.5) is 0 Å². The number of benzene rings is 2. The van der Waals surface area contributed by atoms with Crippen LogP contribution >= 0.6 is 0 Å². The Balaban J connectivity index is 1.16. The van der Waals surface area contributed by atoms with Gasteiger partial charge in [-0.15, -0.1) is 0 Å². The maximum Gasteiger partial charge on any atom is 0.226 e. The number of amides is 1. The minimum atomic E-state index is -0.903. The predicted octanol–water partition coefficient (Wildman–Crippen LogP) is 3.42. The van der Waals surface area contributed by atoms with Gasteiger partial charge in [0.2, 0.25) is 5.91 Å². The molecule has 3 heterocycles. The average molecular weight is 501 g/mol. The van der Waals surface area contributed by atoms with Crippen LogP contribution in [0.2, 0.25) is 0 Å². The number of carbonyl (C=O) groups excluding carboxylic acids is 1. The second-order valence-electron chi connectivity index (χ2n) is 12.6. The molecule has 6 heteroatoms. The van der Waals surface area contributed by atoms with Crippen molar-refractivity contribution >= 4 is 5.91 Å². The number of likely N-dealkylation sites (tertiary alicyclic amines) is 2. The van der Waals surface area contributed by atoms with Crippen molar-refractivity contribution in [2.75, 3.05) is 19.6 Å². The summed E-state index contributed by atoms with van der Waals surface area (Å²) in [5.41, 5.74) is 1.98. The molecule has 6 aliphatic rings. The first-order chi connectivity index (χ1) is 18.0. The molecule has 0 radical (unpaired) electrons. The predicted molar refractivity (Wildman–Crippen MR) is 139 cm³/mol. The molecule has 3 aliphatic heterocycles. The van der Waals surface area contributed by atoms with Gasteiger partial charge in [0, 0.05) is 30.6 Å². The summed E-state index contributed by atoms with van der Waals surface area (Å²) >= 11 is 0. The lowest BCUT2D eigenvalue weighted by Gasteiger charge is -2.64. The van der Waals surface area contributed by atoms with Gasteiger partial charge in [-0.25, -0.2) is 0 Å². The van der Waals surface area contributed by atoms with Crippen LogP contribution in [0.3, 0.4) is 0 Å². The van der Waals surface area contributed by atoms with E-state index in [9.17, 15) is 15.0 Å². The zero-order chi connectivity index (χ0) is 24.9. The first-order valence-electron chi connectivity index (χ1n) is 14.3. The Morgan fingerprint density at radius 3 is 2.65 bits per heavy atom. The van der Waals surface area contributed by atoms with E-state index in [4.69, 9.17) is 4.74 Å². The molecule has 2 aromatic rings. The average Bonchev–Trinajstić information content (AvgIpc) is 3.55. The van der Waals surface area contributed by atoms with Crippen LogP contribution in [-0.2, 0) is 23.1 Å². The topological polar surface area (TPSA) is 73.2 Å². The molecule has 1 amide bonds. The molecule has 2 aromatic carbocycles. The van der Waals surface area contributed by atoms with E-state index in [0.717, 1.165) is 63.2 Å². The van der Waals surface area contributed by atoms with Crippen LogP contribution in [0.25, 0.3) is 0 Å². The standard InChI is InChI=1S/C31H36N2O4/c34-24-9-8-21-17-25-31(36)12-10-23(33-14-11-22(29(33)35)16-19-4-2-1-3-5-19)28-30(31,26(21)27(24)37-28)13-15-32(25)18-20-6-7-20/h1-5,8-9,20,22-23,25,28,34,36H,6-7,10-18H2/t22?,23-,25-,28-,30-,31+/m0/s1. The van der Waals surface area contributed by atoms with E-state index in [2.05, 4.69) is 28.0 Å². The maximum absolute atomic E-state index is 13.8. The molecule has 37 heavy (non-hydrogen) atoms. The zero-order valence-corrected chi connectivity index (χ0v) is 21.3. The number of rotatable bonds is 5. The van der Waals surface area contributed by atoms with Crippen molar-refractivity contribution in [3.8, 4) is 11.5 Å². The highest BCUT2D eigenvalue weighted by Gasteiger charge is 2.73. The van der Waals surface area contributed by atoms with Crippen LogP contribution in [0.15, 0.2) is 42.5 Å². The maximum atomic E-state index is 13.8. The highest BCUT2D eigenvalue weighted by Crippen LogP contribution is 2.66. The number of nitrogens with zero attached hydrogens (tertiary/aromatic N) is 2. The Kier molecular flexibility index (Phi) is 4.68. The fraction of sp³-hybridized carbons (Fsp3) is 0.581. The minimum absolute atomic E-state index is 0.00653. The zero-order valence-electron chi connectivity index (χ0n) is 21.3. The van der Waals surface area contributed by atoms with Gasteiger partial charge < -0.3 is 19.8 Å². The normalized spacial score (nSPS) is 38.0. The van der Waals surface area contributed by atoms with Gasteiger partial charge in [0.25, 0.3) is 0 Å². The van der Waals surface area contributed by atoms with Crippen LogP contribution in [0.5, 0.6) is 11.5 Å². The fourth-order valence-electron chi connectivity index (χ4n) is 8.95. The SMILES string of the molecule is O=C1C(Cc2ccccc2)CCN1[C@H]1CC[C@@]2(O)[C@@H]3Cc4ccc(O)c5c4[C@@]2(CCN3CC2CC2)[C@H]1O5. The molecule has 6 atom stereocenters. The molecule has 1 unspecified atom stereocenters. The molecular formula is C31H36N2O4. The van der Waals surface area contributed by atoms with E-state index >= 15 is 0 Å². The minimum Gasteiger partial charge on any atom is -0.504 e. The number of ether oxygens (including phenoxy) is 1. The van der Waals surface area contributed by atoms with Crippen molar-refractivity contribution in [2.24, 2.45) is 11.8 Å². The Morgan fingerprint density at radius 2 is 1.84 bits per heavy atom. The summed E-state index contributed by atoms with van der Waals surface area (Å²) in [6.07, 6.45) is 6.94. The van der Waals surface area contributed by atoms with Crippen molar-refractivity contribution in [1.82, 2.24) is 9.80 Å². The lowest BCUT2D eigenvalue weighted by Crippen LogP contribution is -2.78. The Hall–Kier alpha value is -2.57. The summed E-state index contributed by atoms with van der Waals surface area (Å²) in [4.78, 5) is 18.4. The summed E-state index contributed by atoms with van der Waals surface area (Å²) in [5, 5.41) is 23.6. The lowest BCUT2D eigenvalue weighted by atomic mass is 9.48. The Morgan fingerprint density at radius 1 is 1.00 bits per heavy atom. The molecule has 2 saturated heterocycles. The first-order valence-corrected chi connectivity index (χ1v) is 14.3. The second-order valence-corrected chi connectivity index (χ2v) is 12.6. The molecule has 2 saturated carbocycles. The van der Waals surface area contributed by atoms with E-state index in [1.54, 1.807) is 6.07 Å². The monoisotopic (exact) mass is 500 g/mol. The molecule has 194 valence electrons. The Bertz CT molecular complexity index is 1260. The summed E-state index contributed by atoms with van der Waals surface area (Å²) in [5.74, 6) is 1.71. The van der Waals surface area contributed by atoms with Crippen molar-refractivity contribution in [1.29, 1.82) is 0 Å². The number of hydrogen-bond acceptors (Lipinski definition) is 5. The summed E-state index contributed by atoms with van der Waals surface area (Å²) < 4.78 is 6.71. The summed E-state index contributed by atoms with van der Waals surface area (Å²) in [6.45, 7) is 2.75. The van der Waals surface area contributed by atoms with Gasteiger partial charge in [0.1, 0.15) is 6.10 Å². The number of carbonyl (C=O) groups is 1. The van der Waals surface area contributed by atoms with Gasteiger partial charge in [-0.05, 0) is 81.0 Å². The van der Waals surface area contributed by atoms with E-state index in [1.165, 1.54) is 24.0 Å². The van der Waals surface area contributed by atoms with Gasteiger partial charge in [-0.1, -0.05) is 36.4 Å². The number of phenols is 1. The van der Waals surface area contributed by atoms with E-state index in [-0.39, 0.29) is 35.8 Å². The van der Waals surface area contributed by atoms with Crippen LogP contribution in [0.1, 0.15) is 55.2 Å². The Labute approximate surface area is 218 Å². The van der Waals surface area contributed by atoms with Gasteiger partial charge in [-0.2, -0.15) is 0 Å². The van der Waals surface area contributed by atoms with Gasteiger partial charge in [0.05, 0.1) is 17.1 Å². The van der Waals surface area contributed by atoms with Gasteiger partial charge in [0.15, 0.2) is 11.5 Å². The summed E-state index contributed by atoms with van der Waals surface area (Å²) in [7, 11) is 0. The molecule has 6 nitrogen and oxygen atoms in total. The lowest BCUT2D eigenvalue weighted by molar-refractivity contribution is -0.200. The fourth-order valence-corrected chi connectivity index (χ4v) is 8.95. The third-order valence-electron chi connectivity index (χ3n) is 10.8. The van der Waals surface area contributed by atoms with E-state index in [1.807, 2.05) is 18.2 Å². The highest BCUT2D eigenvalue weighted by atomic mass is 16.5.